The number of methoxy groups -OCH3 is 1. The zero-order chi connectivity index (χ0) is 14.5. The van der Waals surface area contributed by atoms with Gasteiger partial charge in [0.15, 0.2) is 5.82 Å². The van der Waals surface area contributed by atoms with E-state index in [1.165, 1.54) is 4.68 Å². The van der Waals surface area contributed by atoms with Gasteiger partial charge in [-0.1, -0.05) is 6.92 Å². The van der Waals surface area contributed by atoms with E-state index < -0.39 is 0 Å². The Labute approximate surface area is 124 Å². The number of hydrazone groups is 1. The lowest BCUT2D eigenvalue weighted by Crippen LogP contribution is -2.14. The first-order valence-electron chi connectivity index (χ1n) is 5.97. The van der Waals surface area contributed by atoms with Crippen molar-refractivity contribution in [3.63, 3.8) is 0 Å². The molecule has 2 rings (SSSR count). The maximum atomic E-state index is 5.79. The summed E-state index contributed by atoms with van der Waals surface area (Å²) < 4.78 is 7.40. The number of benzene rings is 1. The van der Waals surface area contributed by atoms with Crippen molar-refractivity contribution in [3.8, 4) is 5.75 Å². The van der Waals surface area contributed by atoms with Gasteiger partial charge in [-0.3, -0.25) is 0 Å². The van der Waals surface area contributed by atoms with Crippen LogP contribution < -0.4 is 16.0 Å². The van der Waals surface area contributed by atoms with E-state index in [1.54, 1.807) is 13.3 Å². The lowest BCUT2D eigenvalue weighted by atomic mass is 10.2. The third kappa shape index (κ3) is 3.08. The quantitative estimate of drug-likeness (QED) is 0.492. The Balaban J connectivity index is 2.06. The lowest BCUT2D eigenvalue weighted by molar-refractivity contribution is 0.412. The SMILES string of the molecule is CCc1nnc(N/N=C\c2ccc(OC)c(Br)c2)n1N. The standard InChI is InChI=1S/C12H15BrN6O/c1-3-11-16-18-12(19(11)14)17-15-7-8-4-5-10(20-2)9(13)6-8/h4-7H,3,14H2,1-2H3,(H,17,18)/b15-7-. The first-order chi connectivity index (χ1) is 9.65. The zero-order valence-electron chi connectivity index (χ0n) is 11.2. The average Bonchev–Trinajstić information content (AvgIpc) is 2.80. The highest BCUT2D eigenvalue weighted by Gasteiger charge is 2.05. The molecule has 1 aromatic heterocycles. The van der Waals surface area contributed by atoms with Gasteiger partial charge in [0.25, 0.3) is 5.95 Å². The van der Waals surface area contributed by atoms with Crippen molar-refractivity contribution in [2.24, 2.45) is 5.10 Å². The van der Waals surface area contributed by atoms with Gasteiger partial charge < -0.3 is 10.6 Å². The first kappa shape index (κ1) is 14.3. The normalized spacial score (nSPS) is 10.9. The van der Waals surface area contributed by atoms with Crippen LogP contribution in [0.25, 0.3) is 0 Å². The van der Waals surface area contributed by atoms with Gasteiger partial charge in [-0.2, -0.15) is 5.10 Å². The van der Waals surface area contributed by atoms with Crippen LogP contribution in [0.3, 0.4) is 0 Å². The van der Waals surface area contributed by atoms with Crippen LogP contribution in [0, 0.1) is 0 Å². The molecule has 20 heavy (non-hydrogen) atoms. The molecule has 7 nitrogen and oxygen atoms in total. The molecule has 0 saturated carbocycles. The van der Waals surface area contributed by atoms with E-state index in [0.29, 0.717) is 18.2 Å². The molecule has 3 N–H and O–H groups in total. The summed E-state index contributed by atoms with van der Waals surface area (Å²) in [6.45, 7) is 1.95. The molecular formula is C12H15BrN6O. The minimum atomic E-state index is 0.394. The zero-order valence-corrected chi connectivity index (χ0v) is 12.8. The fourth-order valence-corrected chi connectivity index (χ4v) is 2.13. The smallest absolute Gasteiger partial charge is 0.263 e. The molecule has 106 valence electrons. The van der Waals surface area contributed by atoms with Crippen LogP contribution in [0.4, 0.5) is 5.95 Å². The van der Waals surface area contributed by atoms with E-state index in [2.05, 4.69) is 36.7 Å². The van der Waals surface area contributed by atoms with Crippen LogP contribution in [0.1, 0.15) is 18.3 Å². The number of hydrogen-bond acceptors (Lipinski definition) is 6. The summed E-state index contributed by atoms with van der Waals surface area (Å²) in [5, 5.41) is 11.9. The van der Waals surface area contributed by atoms with Crippen LogP contribution in [0.5, 0.6) is 5.75 Å². The number of nitrogen functional groups attached to an aromatic ring is 1. The summed E-state index contributed by atoms with van der Waals surface area (Å²) in [6.07, 6.45) is 2.37. The molecule has 0 aliphatic rings. The number of hydrogen-bond donors (Lipinski definition) is 2. The van der Waals surface area contributed by atoms with Crippen LogP contribution in [0.2, 0.25) is 0 Å². The summed E-state index contributed by atoms with van der Waals surface area (Å²) in [5.74, 6) is 7.64. The van der Waals surface area contributed by atoms with Crippen LogP contribution >= 0.6 is 15.9 Å². The minimum absolute atomic E-state index is 0.394. The van der Waals surface area contributed by atoms with E-state index in [0.717, 1.165) is 15.8 Å². The Hall–Kier alpha value is -2.09. The number of ether oxygens (including phenoxy) is 1. The largest absolute Gasteiger partial charge is 0.496 e. The molecule has 0 aliphatic heterocycles. The number of nitrogens with one attached hydrogen (secondary N) is 1. The number of aryl methyl sites for hydroxylation is 1. The minimum Gasteiger partial charge on any atom is -0.496 e. The molecule has 0 atom stereocenters. The van der Waals surface area contributed by atoms with E-state index in [1.807, 2.05) is 25.1 Å². The van der Waals surface area contributed by atoms with Gasteiger partial charge in [-0.05, 0) is 39.7 Å². The average molecular weight is 339 g/mol. The molecular weight excluding hydrogens is 324 g/mol. The number of rotatable bonds is 5. The molecule has 1 aromatic carbocycles. The topological polar surface area (TPSA) is 90.4 Å². The predicted molar refractivity (Wildman–Crippen MR) is 81.5 cm³/mol. The maximum absolute atomic E-state index is 5.79. The molecule has 0 fully saturated rings. The molecule has 0 spiro atoms. The molecule has 2 aromatic rings. The Bertz CT molecular complexity index is 624. The highest BCUT2D eigenvalue weighted by atomic mass is 79.9. The van der Waals surface area contributed by atoms with Crippen molar-refractivity contribution >= 4 is 28.1 Å². The number of nitrogens with two attached hydrogens (primary N) is 1. The number of anilines is 1. The van der Waals surface area contributed by atoms with Crippen molar-refractivity contribution in [1.82, 2.24) is 14.9 Å². The summed E-state index contributed by atoms with van der Waals surface area (Å²) in [5.41, 5.74) is 3.66. The van der Waals surface area contributed by atoms with Crippen LogP contribution in [-0.2, 0) is 6.42 Å². The third-order valence-corrected chi connectivity index (χ3v) is 3.26. The Kier molecular flexibility index (Phi) is 4.57. The second kappa shape index (κ2) is 6.38. The van der Waals surface area contributed by atoms with Gasteiger partial charge in [0.1, 0.15) is 5.75 Å². The number of halogens is 1. The van der Waals surface area contributed by atoms with Crippen molar-refractivity contribution in [3.05, 3.63) is 34.1 Å². The molecule has 0 bridgehead atoms. The second-order valence-electron chi connectivity index (χ2n) is 3.93. The molecule has 8 heteroatoms. The molecule has 0 unspecified atom stereocenters. The van der Waals surface area contributed by atoms with Gasteiger partial charge in [0, 0.05) is 6.42 Å². The van der Waals surface area contributed by atoms with Crippen molar-refractivity contribution in [1.29, 1.82) is 0 Å². The highest BCUT2D eigenvalue weighted by Crippen LogP contribution is 2.24. The number of nitrogens with zero attached hydrogens (tertiary/aromatic N) is 4. The van der Waals surface area contributed by atoms with Gasteiger partial charge in [0.2, 0.25) is 0 Å². The summed E-state index contributed by atoms with van der Waals surface area (Å²) >= 11 is 3.41. The third-order valence-electron chi connectivity index (χ3n) is 2.64. The van der Waals surface area contributed by atoms with E-state index in [9.17, 15) is 0 Å². The molecule has 0 aliphatic carbocycles. The Morgan fingerprint density at radius 2 is 2.30 bits per heavy atom. The fraction of sp³-hybridized carbons (Fsp3) is 0.250. The van der Waals surface area contributed by atoms with Crippen molar-refractivity contribution < 1.29 is 4.74 Å². The molecule has 0 radical (unpaired) electrons. The van der Waals surface area contributed by atoms with Gasteiger partial charge in [-0.15, -0.1) is 10.2 Å². The monoisotopic (exact) mass is 338 g/mol. The molecule has 0 saturated heterocycles. The van der Waals surface area contributed by atoms with Crippen molar-refractivity contribution in [2.45, 2.75) is 13.3 Å². The second-order valence-corrected chi connectivity index (χ2v) is 4.78. The fourth-order valence-electron chi connectivity index (χ4n) is 1.57. The predicted octanol–water partition coefficient (Wildman–Crippen LogP) is 1.77. The molecule has 0 amide bonds. The molecule has 1 heterocycles. The maximum Gasteiger partial charge on any atom is 0.263 e. The Morgan fingerprint density at radius 1 is 1.50 bits per heavy atom. The van der Waals surface area contributed by atoms with Gasteiger partial charge in [-0.25, -0.2) is 10.1 Å². The van der Waals surface area contributed by atoms with E-state index in [-0.39, 0.29) is 0 Å². The van der Waals surface area contributed by atoms with Crippen LogP contribution in [0.15, 0.2) is 27.8 Å². The summed E-state index contributed by atoms with van der Waals surface area (Å²) in [6, 6.07) is 5.64. The van der Waals surface area contributed by atoms with Crippen LogP contribution in [-0.4, -0.2) is 28.2 Å². The van der Waals surface area contributed by atoms with Crippen molar-refractivity contribution in [2.75, 3.05) is 18.4 Å². The van der Waals surface area contributed by atoms with E-state index in [4.69, 9.17) is 10.6 Å². The summed E-state index contributed by atoms with van der Waals surface area (Å²) in [4.78, 5) is 0. The Morgan fingerprint density at radius 3 is 2.90 bits per heavy atom. The van der Waals surface area contributed by atoms with E-state index >= 15 is 0 Å². The highest BCUT2D eigenvalue weighted by molar-refractivity contribution is 9.10. The van der Waals surface area contributed by atoms with Gasteiger partial charge >= 0.3 is 0 Å². The first-order valence-corrected chi connectivity index (χ1v) is 6.77. The van der Waals surface area contributed by atoms with Gasteiger partial charge in [0.05, 0.1) is 17.8 Å². The summed E-state index contributed by atoms with van der Waals surface area (Å²) in [7, 11) is 1.62. The lowest BCUT2D eigenvalue weighted by Gasteiger charge is -2.03. The number of aromatic nitrogens is 3.